The minimum absolute atomic E-state index is 0.894. The van der Waals surface area contributed by atoms with E-state index in [1.807, 2.05) is 0 Å². The van der Waals surface area contributed by atoms with Crippen molar-refractivity contribution in [3.8, 4) is 0 Å². The monoisotopic (exact) mass is 183 g/mol. The van der Waals surface area contributed by atoms with Gasteiger partial charge in [-0.2, -0.15) is 0 Å². The van der Waals surface area contributed by atoms with Gasteiger partial charge in [0.1, 0.15) is 0 Å². The van der Waals surface area contributed by atoms with Crippen LogP contribution < -0.4 is 0 Å². The van der Waals surface area contributed by atoms with Crippen LogP contribution in [0.2, 0.25) is 0 Å². The highest BCUT2D eigenvalue weighted by Crippen LogP contribution is 2.14. The van der Waals surface area contributed by atoms with Crippen LogP contribution in [0.3, 0.4) is 0 Å². The number of morpholine rings is 1. The fraction of sp³-hybridized carbons (Fsp3) is 0.818. The van der Waals surface area contributed by atoms with E-state index in [1.165, 1.54) is 18.5 Å². The van der Waals surface area contributed by atoms with Gasteiger partial charge in [-0.25, -0.2) is 0 Å². The molecule has 0 amide bonds. The van der Waals surface area contributed by atoms with Gasteiger partial charge in [0.05, 0.1) is 13.2 Å². The van der Waals surface area contributed by atoms with Crippen molar-refractivity contribution in [2.24, 2.45) is 0 Å². The molecule has 1 rings (SSSR count). The summed E-state index contributed by atoms with van der Waals surface area (Å²) in [6.45, 7) is 8.38. The number of rotatable bonds is 4. The second kappa shape index (κ2) is 6.03. The molecule has 2 nitrogen and oxygen atoms in total. The minimum atomic E-state index is 0.894. The van der Waals surface area contributed by atoms with E-state index in [-0.39, 0.29) is 0 Å². The van der Waals surface area contributed by atoms with Crippen LogP contribution in [-0.2, 0) is 4.74 Å². The molecule has 2 heteroatoms. The van der Waals surface area contributed by atoms with Crippen molar-refractivity contribution in [1.82, 2.24) is 4.90 Å². The Morgan fingerprint density at radius 2 is 2.00 bits per heavy atom. The van der Waals surface area contributed by atoms with E-state index >= 15 is 0 Å². The third-order valence-electron chi connectivity index (χ3n) is 2.36. The zero-order valence-electron chi connectivity index (χ0n) is 8.88. The van der Waals surface area contributed by atoms with Crippen molar-refractivity contribution >= 4 is 0 Å². The third kappa shape index (κ3) is 3.39. The SMILES string of the molecule is CC/C=C(/CCC)N1CCOCC1. The normalized spacial score (nSPS) is 19.2. The fourth-order valence-corrected chi connectivity index (χ4v) is 1.73. The van der Waals surface area contributed by atoms with E-state index in [2.05, 4.69) is 24.8 Å². The van der Waals surface area contributed by atoms with Crippen molar-refractivity contribution in [3.05, 3.63) is 11.8 Å². The lowest BCUT2D eigenvalue weighted by Gasteiger charge is -2.31. The van der Waals surface area contributed by atoms with Crippen LogP contribution in [0.25, 0.3) is 0 Å². The summed E-state index contributed by atoms with van der Waals surface area (Å²) in [4.78, 5) is 2.47. The molecule has 1 aliphatic heterocycles. The van der Waals surface area contributed by atoms with Gasteiger partial charge in [-0.1, -0.05) is 26.3 Å². The summed E-state index contributed by atoms with van der Waals surface area (Å²) in [6, 6.07) is 0. The molecule has 0 bridgehead atoms. The highest BCUT2D eigenvalue weighted by Gasteiger charge is 2.11. The first-order valence-electron chi connectivity index (χ1n) is 5.40. The Morgan fingerprint density at radius 3 is 2.54 bits per heavy atom. The lowest BCUT2D eigenvalue weighted by atomic mass is 10.2. The van der Waals surface area contributed by atoms with Gasteiger partial charge in [0.15, 0.2) is 0 Å². The molecule has 1 saturated heterocycles. The molecule has 0 aromatic heterocycles. The Kier molecular flexibility index (Phi) is 4.91. The summed E-state index contributed by atoms with van der Waals surface area (Å²) >= 11 is 0. The van der Waals surface area contributed by atoms with Crippen LogP contribution in [0.1, 0.15) is 33.1 Å². The molecule has 0 radical (unpaired) electrons. The van der Waals surface area contributed by atoms with Gasteiger partial charge in [-0.15, -0.1) is 0 Å². The molecule has 0 N–H and O–H groups in total. The Labute approximate surface area is 81.6 Å². The topological polar surface area (TPSA) is 12.5 Å². The summed E-state index contributed by atoms with van der Waals surface area (Å²) in [5, 5.41) is 0. The van der Waals surface area contributed by atoms with Gasteiger partial charge in [0.25, 0.3) is 0 Å². The van der Waals surface area contributed by atoms with Crippen molar-refractivity contribution in [1.29, 1.82) is 0 Å². The molecule has 0 aliphatic carbocycles. The van der Waals surface area contributed by atoms with Crippen LogP contribution in [-0.4, -0.2) is 31.2 Å². The smallest absolute Gasteiger partial charge is 0.0642 e. The predicted molar refractivity (Wildman–Crippen MR) is 55.7 cm³/mol. The van der Waals surface area contributed by atoms with Crippen LogP contribution in [0.15, 0.2) is 11.8 Å². The average molecular weight is 183 g/mol. The Hall–Kier alpha value is -0.500. The van der Waals surface area contributed by atoms with Crippen LogP contribution >= 0.6 is 0 Å². The van der Waals surface area contributed by atoms with Crippen molar-refractivity contribution in [2.45, 2.75) is 33.1 Å². The maximum atomic E-state index is 5.34. The number of allylic oxidation sites excluding steroid dienone is 2. The summed E-state index contributed by atoms with van der Waals surface area (Å²) in [5.41, 5.74) is 1.52. The largest absolute Gasteiger partial charge is 0.378 e. The quantitative estimate of drug-likeness (QED) is 0.663. The lowest BCUT2D eigenvalue weighted by Crippen LogP contribution is -2.35. The van der Waals surface area contributed by atoms with Crippen molar-refractivity contribution < 1.29 is 4.74 Å². The van der Waals surface area contributed by atoms with Gasteiger partial charge in [0, 0.05) is 18.8 Å². The molecular weight excluding hydrogens is 162 g/mol. The van der Waals surface area contributed by atoms with Crippen LogP contribution in [0.4, 0.5) is 0 Å². The lowest BCUT2D eigenvalue weighted by molar-refractivity contribution is 0.0518. The molecule has 0 unspecified atom stereocenters. The van der Waals surface area contributed by atoms with E-state index in [4.69, 9.17) is 4.74 Å². The first-order valence-corrected chi connectivity index (χ1v) is 5.40. The molecule has 0 aromatic carbocycles. The van der Waals surface area contributed by atoms with E-state index < -0.39 is 0 Å². The summed E-state index contributed by atoms with van der Waals surface area (Å²) < 4.78 is 5.34. The maximum absolute atomic E-state index is 5.34. The Morgan fingerprint density at radius 1 is 1.31 bits per heavy atom. The van der Waals surface area contributed by atoms with Crippen LogP contribution in [0.5, 0.6) is 0 Å². The first kappa shape index (κ1) is 10.6. The highest BCUT2D eigenvalue weighted by molar-refractivity contribution is 5.01. The first-order chi connectivity index (χ1) is 6.38. The zero-order valence-corrected chi connectivity index (χ0v) is 8.88. The van der Waals surface area contributed by atoms with E-state index in [9.17, 15) is 0 Å². The van der Waals surface area contributed by atoms with Crippen LogP contribution in [0, 0.1) is 0 Å². The number of hydrogen-bond donors (Lipinski definition) is 0. The summed E-state index contributed by atoms with van der Waals surface area (Å²) in [6.07, 6.45) is 5.96. The van der Waals surface area contributed by atoms with Crippen molar-refractivity contribution in [3.63, 3.8) is 0 Å². The second-order valence-electron chi connectivity index (χ2n) is 3.45. The summed E-state index contributed by atoms with van der Waals surface area (Å²) in [7, 11) is 0. The van der Waals surface area contributed by atoms with Crippen molar-refractivity contribution in [2.75, 3.05) is 26.3 Å². The molecule has 13 heavy (non-hydrogen) atoms. The Balaban J connectivity index is 2.46. The van der Waals surface area contributed by atoms with E-state index in [0.29, 0.717) is 0 Å². The standard InChI is InChI=1S/C11H21NO/c1-3-5-11(6-4-2)12-7-9-13-10-8-12/h5H,3-4,6-10H2,1-2H3/b11-5-. The predicted octanol–water partition coefficient (Wildman–Crippen LogP) is 2.41. The zero-order chi connectivity index (χ0) is 9.52. The molecule has 0 saturated carbocycles. The minimum Gasteiger partial charge on any atom is -0.378 e. The fourth-order valence-electron chi connectivity index (χ4n) is 1.73. The molecule has 0 aromatic rings. The average Bonchev–Trinajstić information content (AvgIpc) is 2.19. The van der Waals surface area contributed by atoms with E-state index in [0.717, 1.165) is 32.7 Å². The van der Waals surface area contributed by atoms with Gasteiger partial charge in [-0.05, 0) is 12.8 Å². The number of hydrogen-bond acceptors (Lipinski definition) is 2. The molecular formula is C11H21NO. The van der Waals surface area contributed by atoms with Gasteiger partial charge in [0.2, 0.25) is 0 Å². The number of ether oxygens (including phenoxy) is 1. The van der Waals surface area contributed by atoms with Gasteiger partial charge >= 0.3 is 0 Å². The summed E-state index contributed by atoms with van der Waals surface area (Å²) in [5.74, 6) is 0. The number of nitrogens with zero attached hydrogens (tertiary/aromatic N) is 1. The second-order valence-corrected chi connectivity index (χ2v) is 3.45. The molecule has 1 aliphatic rings. The maximum Gasteiger partial charge on any atom is 0.0642 e. The molecule has 1 heterocycles. The molecule has 1 fully saturated rings. The molecule has 76 valence electrons. The Bertz CT molecular complexity index is 159. The van der Waals surface area contributed by atoms with E-state index in [1.54, 1.807) is 0 Å². The van der Waals surface area contributed by atoms with Gasteiger partial charge < -0.3 is 9.64 Å². The van der Waals surface area contributed by atoms with Gasteiger partial charge in [-0.3, -0.25) is 0 Å². The molecule has 0 atom stereocenters. The molecule has 0 spiro atoms. The highest BCUT2D eigenvalue weighted by atomic mass is 16.5. The third-order valence-corrected chi connectivity index (χ3v) is 2.36.